The molecule has 0 N–H and O–H groups in total. The Morgan fingerprint density at radius 3 is 1.76 bits per heavy atom. The predicted octanol–water partition coefficient (Wildman–Crippen LogP) is 10.7. The van der Waals surface area contributed by atoms with Crippen LogP contribution in [-0.2, 0) is 12.5 Å². The molecule has 5 aromatic rings. The highest BCUT2D eigenvalue weighted by atomic mass is 19.3. The maximum atomic E-state index is 15.1. The molecule has 0 aliphatic rings. The minimum Gasteiger partial charge on any atom is -0.429 e. The molecular weight excluding hydrogens is 621 g/mol. The van der Waals surface area contributed by atoms with E-state index in [9.17, 15) is 35.1 Å². The van der Waals surface area contributed by atoms with Crippen molar-refractivity contribution in [2.75, 3.05) is 0 Å². The molecule has 0 atom stereocenters. The number of hydrogen-bond acceptors (Lipinski definition) is 2. The van der Waals surface area contributed by atoms with Gasteiger partial charge in [-0.15, -0.1) is 0 Å². The van der Waals surface area contributed by atoms with E-state index in [0.717, 1.165) is 36.6 Å². The largest absolute Gasteiger partial charge is 0.432 e. The zero-order chi connectivity index (χ0) is 33.2. The molecule has 0 spiro atoms. The van der Waals surface area contributed by atoms with Crippen LogP contribution in [0.1, 0.15) is 24.5 Å². The van der Waals surface area contributed by atoms with Crippen LogP contribution in [0.25, 0.3) is 33.5 Å². The van der Waals surface area contributed by atoms with Gasteiger partial charge in [0.15, 0.2) is 17.5 Å². The fourth-order valence-electron chi connectivity index (χ4n) is 4.78. The van der Waals surface area contributed by atoms with Gasteiger partial charge < -0.3 is 4.74 Å². The number of aromatic nitrogens is 1. The van der Waals surface area contributed by atoms with Crippen molar-refractivity contribution in [2.45, 2.75) is 25.9 Å². The van der Waals surface area contributed by atoms with Gasteiger partial charge in [-0.1, -0.05) is 30.4 Å². The second-order valence-electron chi connectivity index (χ2n) is 10.2. The molecule has 4 aromatic carbocycles. The second kappa shape index (κ2) is 13.1. The number of ether oxygens (including phenoxy) is 1. The maximum Gasteiger partial charge on any atom is 0.432 e. The van der Waals surface area contributed by atoms with Gasteiger partial charge in [0.25, 0.3) is 0 Å². The molecule has 11 heteroatoms. The van der Waals surface area contributed by atoms with Crippen LogP contribution in [0, 0.1) is 40.7 Å². The Balaban J connectivity index is 1.37. The number of alkyl halides is 2. The Labute approximate surface area is 257 Å². The molecule has 5 rings (SSSR count). The topological polar surface area (TPSA) is 22.1 Å². The van der Waals surface area contributed by atoms with Gasteiger partial charge in [0, 0.05) is 29.0 Å². The van der Waals surface area contributed by atoms with Crippen LogP contribution in [-0.4, -0.2) is 4.98 Å². The standard InChI is InChI=1S/C35H22F9NO/c1-2-3-4-5-19-6-11-32(45-18-19)20-7-9-24(26(36)12-20)21-13-28(38)33(29(39)14-21)35(43,44)46-23-8-10-25(27(37)17-23)22-15-30(40)34(42)31(41)16-22/h2-3,6-18H,4-5H2,1H3/b3-2+. The summed E-state index contributed by atoms with van der Waals surface area (Å²) in [6.45, 7) is 1.92. The summed E-state index contributed by atoms with van der Waals surface area (Å²) in [6, 6.07) is 11.3. The van der Waals surface area contributed by atoms with Crippen LogP contribution in [0.4, 0.5) is 39.5 Å². The van der Waals surface area contributed by atoms with Crippen molar-refractivity contribution < 1.29 is 44.3 Å². The lowest BCUT2D eigenvalue weighted by molar-refractivity contribution is -0.189. The summed E-state index contributed by atoms with van der Waals surface area (Å²) in [5.41, 5.74) is -1.59. The third kappa shape index (κ3) is 6.78. The molecule has 0 fully saturated rings. The van der Waals surface area contributed by atoms with Crippen LogP contribution in [0.15, 0.2) is 91.1 Å². The highest BCUT2D eigenvalue weighted by molar-refractivity contribution is 5.70. The highest BCUT2D eigenvalue weighted by Crippen LogP contribution is 2.39. The maximum absolute atomic E-state index is 15.1. The summed E-state index contributed by atoms with van der Waals surface area (Å²) in [4.78, 5) is 4.33. The molecule has 0 saturated carbocycles. The summed E-state index contributed by atoms with van der Waals surface area (Å²) in [5, 5.41) is 0. The van der Waals surface area contributed by atoms with E-state index in [2.05, 4.69) is 9.72 Å². The SMILES string of the molecule is C/C=C/CCc1ccc(-c2ccc(-c3cc(F)c(C(F)(F)Oc4ccc(-c5cc(F)c(F)c(F)c5)c(F)c4)c(F)c3)c(F)c2)nc1. The monoisotopic (exact) mass is 643 g/mol. The van der Waals surface area contributed by atoms with Gasteiger partial charge in [-0.25, -0.2) is 30.7 Å². The van der Waals surface area contributed by atoms with Crippen LogP contribution >= 0.6 is 0 Å². The van der Waals surface area contributed by atoms with E-state index in [0.29, 0.717) is 41.6 Å². The Hall–Kier alpha value is -5.06. The molecule has 0 aliphatic heterocycles. The van der Waals surface area contributed by atoms with Gasteiger partial charge in [-0.05, 0) is 85.0 Å². The van der Waals surface area contributed by atoms with Crippen molar-refractivity contribution in [1.29, 1.82) is 0 Å². The van der Waals surface area contributed by atoms with Crippen molar-refractivity contribution in [1.82, 2.24) is 4.98 Å². The molecule has 2 nitrogen and oxygen atoms in total. The van der Waals surface area contributed by atoms with Gasteiger partial charge in [0.1, 0.15) is 34.6 Å². The van der Waals surface area contributed by atoms with Crippen molar-refractivity contribution in [3.8, 4) is 39.3 Å². The Morgan fingerprint density at radius 2 is 1.22 bits per heavy atom. The zero-order valence-electron chi connectivity index (χ0n) is 23.8. The van der Waals surface area contributed by atoms with Crippen LogP contribution in [0.3, 0.4) is 0 Å². The molecule has 0 aliphatic carbocycles. The Bertz CT molecular complexity index is 1890. The first-order chi connectivity index (χ1) is 21.9. The normalized spacial score (nSPS) is 11.8. The molecule has 46 heavy (non-hydrogen) atoms. The Morgan fingerprint density at radius 1 is 0.652 bits per heavy atom. The van der Waals surface area contributed by atoms with E-state index < -0.39 is 69.3 Å². The number of allylic oxidation sites excluding steroid dienone is 2. The second-order valence-corrected chi connectivity index (χ2v) is 10.2. The molecule has 1 aromatic heterocycles. The lowest BCUT2D eigenvalue weighted by atomic mass is 9.99. The van der Waals surface area contributed by atoms with E-state index in [1.54, 1.807) is 12.3 Å². The van der Waals surface area contributed by atoms with Gasteiger partial charge in [0.2, 0.25) is 0 Å². The van der Waals surface area contributed by atoms with E-state index >= 15 is 4.39 Å². The fraction of sp³-hybridized carbons (Fsp3) is 0.114. The molecule has 0 radical (unpaired) electrons. The van der Waals surface area contributed by atoms with Gasteiger partial charge in [-0.3, -0.25) is 4.98 Å². The fourth-order valence-corrected chi connectivity index (χ4v) is 4.78. The number of rotatable bonds is 9. The van der Waals surface area contributed by atoms with Crippen LogP contribution in [0.5, 0.6) is 5.75 Å². The lowest BCUT2D eigenvalue weighted by Gasteiger charge is -2.20. The molecule has 0 bridgehead atoms. The van der Waals surface area contributed by atoms with E-state index in [1.165, 1.54) is 12.1 Å². The molecule has 0 saturated heterocycles. The molecule has 0 amide bonds. The quantitative estimate of drug-likeness (QED) is 0.0906. The molecule has 0 unspecified atom stereocenters. The number of hydrogen-bond donors (Lipinski definition) is 0. The van der Waals surface area contributed by atoms with Crippen LogP contribution in [0.2, 0.25) is 0 Å². The van der Waals surface area contributed by atoms with E-state index in [1.807, 2.05) is 25.1 Å². The van der Waals surface area contributed by atoms with E-state index in [4.69, 9.17) is 0 Å². The lowest BCUT2D eigenvalue weighted by Crippen LogP contribution is -2.25. The van der Waals surface area contributed by atoms with Gasteiger partial charge >= 0.3 is 6.11 Å². The van der Waals surface area contributed by atoms with E-state index in [-0.39, 0.29) is 11.1 Å². The first-order valence-electron chi connectivity index (χ1n) is 13.7. The first kappa shape index (κ1) is 32.3. The summed E-state index contributed by atoms with van der Waals surface area (Å²) in [5.74, 6) is -11.6. The van der Waals surface area contributed by atoms with Crippen LogP contribution < -0.4 is 4.74 Å². The summed E-state index contributed by atoms with van der Waals surface area (Å²) in [7, 11) is 0. The van der Waals surface area contributed by atoms with Gasteiger partial charge in [0.05, 0.1) is 5.69 Å². The number of aryl methyl sites for hydroxylation is 1. The third-order valence-electron chi connectivity index (χ3n) is 7.05. The number of benzene rings is 4. The minimum absolute atomic E-state index is 0.272. The number of pyridine rings is 1. The summed E-state index contributed by atoms with van der Waals surface area (Å²) in [6.07, 6.45) is 2.54. The molecular formula is C35H22F9NO. The van der Waals surface area contributed by atoms with Crippen molar-refractivity contribution in [2.24, 2.45) is 0 Å². The smallest absolute Gasteiger partial charge is 0.429 e. The summed E-state index contributed by atoms with van der Waals surface area (Å²) < 4.78 is 134. The van der Waals surface area contributed by atoms with Crippen molar-refractivity contribution >= 4 is 0 Å². The third-order valence-corrected chi connectivity index (χ3v) is 7.05. The summed E-state index contributed by atoms with van der Waals surface area (Å²) >= 11 is 0. The highest BCUT2D eigenvalue weighted by Gasteiger charge is 2.41. The Kier molecular flexibility index (Phi) is 9.22. The van der Waals surface area contributed by atoms with Crippen molar-refractivity contribution in [3.63, 3.8) is 0 Å². The van der Waals surface area contributed by atoms with Crippen molar-refractivity contribution in [3.05, 3.63) is 143 Å². The predicted molar refractivity (Wildman–Crippen MR) is 154 cm³/mol. The van der Waals surface area contributed by atoms with Gasteiger partial charge in [-0.2, -0.15) is 8.78 Å². The minimum atomic E-state index is -4.68. The molecule has 1 heterocycles. The zero-order valence-corrected chi connectivity index (χ0v) is 23.8. The average molecular weight is 644 g/mol. The average Bonchev–Trinajstić information content (AvgIpc) is 2.99. The number of halogens is 9. The number of nitrogens with zero attached hydrogens (tertiary/aromatic N) is 1. The molecule has 236 valence electrons. The first-order valence-corrected chi connectivity index (χ1v) is 13.7.